The molecule has 0 aromatic heterocycles. The third-order valence-electron chi connectivity index (χ3n) is 5.42. The summed E-state index contributed by atoms with van der Waals surface area (Å²) >= 11 is 0. The van der Waals surface area contributed by atoms with Crippen LogP contribution in [0.15, 0.2) is 24.3 Å². The molecular formula is C20H30N2O3. The normalized spacial score (nSPS) is 22.2. The summed E-state index contributed by atoms with van der Waals surface area (Å²) in [7, 11) is 1.85. The summed E-state index contributed by atoms with van der Waals surface area (Å²) in [5.74, 6) is 0.529. The number of likely N-dealkylation sites (tertiary alicyclic amines) is 1. The van der Waals surface area contributed by atoms with Crippen LogP contribution in [0.1, 0.15) is 41.6 Å². The van der Waals surface area contributed by atoms with E-state index in [0.717, 1.165) is 57.5 Å². The van der Waals surface area contributed by atoms with Gasteiger partial charge in [0.15, 0.2) is 0 Å². The number of aliphatic hydroxyl groups is 1. The lowest BCUT2D eigenvalue weighted by atomic mass is 9.97. The Labute approximate surface area is 150 Å². The molecule has 1 N–H and O–H groups in total. The summed E-state index contributed by atoms with van der Waals surface area (Å²) in [5, 5.41) is 9.22. The first kappa shape index (κ1) is 18.4. The highest BCUT2D eigenvalue weighted by molar-refractivity contribution is 5.94. The minimum absolute atomic E-state index is 0.0609. The van der Waals surface area contributed by atoms with Crippen molar-refractivity contribution in [2.24, 2.45) is 5.92 Å². The van der Waals surface area contributed by atoms with Crippen molar-refractivity contribution >= 4 is 5.91 Å². The first-order valence-electron chi connectivity index (χ1n) is 9.45. The molecule has 1 unspecified atom stereocenters. The average Bonchev–Trinajstić information content (AvgIpc) is 3.15. The average molecular weight is 346 g/mol. The van der Waals surface area contributed by atoms with Gasteiger partial charge in [0.05, 0.1) is 6.10 Å². The summed E-state index contributed by atoms with van der Waals surface area (Å²) in [5.41, 5.74) is 1.98. The fourth-order valence-electron chi connectivity index (χ4n) is 3.74. The smallest absolute Gasteiger partial charge is 0.253 e. The standard InChI is InChI=1S/C20H30N2O3/c1-21(14-19-3-2-12-25-19)20(24)18-6-4-16(5-7-18)13-22-10-8-17(15-23)9-11-22/h4-7,17,19,23H,2-3,8-15H2,1H3. The van der Waals surface area contributed by atoms with Crippen LogP contribution in [-0.4, -0.2) is 66.8 Å². The van der Waals surface area contributed by atoms with E-state index in [1.807, 2.05) is 19.2 Å². The molecule has 2 saturated heterocycles. The summed E-state index contributed by atoms with van der Waals surface area (Å²) in [6, 6.07) is 7.99. The molecular weight excluding hydrogens is 316 g/mol. The van der Waals surface area contributed by atoms with Crippen molar-refractivity contribution in [2.45, 2.75) is 38.3 Å². The van der Waals surface area contributed by atoms with Gasteiger partial charge in [0, 0.05) is 38.9 Å². The predicted octanol–water partition coefficient (Wildman–Crippen LogP) is 2.14. The van der Waals surface area contributed by atoms with Crippen LogP contribution < -0.4 is 0 Å². The molecule has 2 fully saturated rings. The van der Waals surface area contributed by atoms with Crippen LogP contribution in [0.3, 0.4) is 0 Å². The van der Waals surface area contributed by atoms with Gasteiger partial charge in [0.25, 0.3) is 5.91 Å². The molecule has 0 bridgehead atoms. The first-order valence-corrected chi connectivity index (χ1v) is 9.45. The lowest BCUT2D eigenvalue weighted by Gasteiger charge is -2.31. The van der Waals surface area contributed by atoms with Crippen molar-refractivity contribution in [3.63, 3.8) is 0 Å². The molecule has 0 radical (unpaired) electrons. The Bertz CT molecular complexity index is 547. The van der Waals surface area contributed by atoms with Crippen LogP contribution in [-0.2, 0) is 11.3 Å². The number of amides is 1. The fraction of sp³-hybridized carbons (Fsp3) is 0.650. The van der Waals surface area contributed by atoms with E-state index in [4.69, 9.17) is 4.74 Å². The monoisotopic (exact) mass is 346 g/mol. The second-order valence-electron chi connectivity index (χ2n) is 7.42. The van der Waals surface area contributed by atoms with Gasteiger partial charge in [-0.05, 0) is 62.4 Å². The number of nitrogens with zero attached hydrogens (tertiary/aromatic N) is 2. The Balaban J connectivity index is 1.50. The Hall–Kier alpha value is -1.43. The van der Waals surface area contributed by atoms with E-state index in [1.54, 1.807) is 4.90 Å². The Morgan fingerprint density at radius 2 is 1.96 bits per heavy atom. The molecule has 5 nitrogen and oxygen atoms in total. The van der Waals surface area contributed by atoms with Crippen LogP contribution in [0.25, 0.3) is 0 Å². The number of benzene rings is 1. The molecule has 1 aromatic rings. The number of aliphatic hydroxyl groups excluding tert-OH is 1. The lowest BCUT2D eigenvalue weighted by molar-refractivity contribution is 0.0587. The second kappa shape index (κ2) is 8.79. The number of carbonyl (C=O) groups excluding carboxylic acids is 1. The zero-order valence-electron chi connectivity index (χ0n) is 15.2. The van der Waals surface area contributed by atoms with Gasteiger partial charge >= 0.3 is 0 Å². The van der Waals surface area contributed by atoms with Crippen LogP contribution in [0, 0.1) is 5.92 Å². The first-order chi connectivity index (χ1) is 12.2. The number of rotatable bonds is 6. The second-order valence-corrected chi connectivity index (χ2v) is 7.42. The van der Waals surface area contributed by atoms with Crippen LogP contribution in [0.5, 0.6) is 0 Å². The molecule has 2 aliphatic heterocycles. The van der Waals surface area contributed by atoms with E-state index in [9.17, 15) is 9.90 Å². The SMILES string of the molecule is CN(CC1CCCO1)C(=O)c1ccc(CN2CCC(CO)CC2)cc1. The number of ether oxygens (including phenoxy) is 1. The molecule has 1 amide bonds. The zero-order valence-corrected chi connectivity index (χ0v) is 15.2. The Kier molecular flexibility index (Phi) is 6.45. The van der Waals surface area contributed by atoms with E-state index in [1.165, 1.54) is 5.56 Å². The summed E-state index contributed by atoms with van der Waals surface area (Å²) in [6.07, 6.45) is 4.47. The molecule has 25 heavy (non-hydrogen) atoms. The maximum absolute atomic E-state index is 12.5. The fourth-order valence-corrected chi connectivity index (χ4v) is 3.74. The minimum atomic E-state index is 0.0609. The third-order valence-corrected chi connectivity index (χ3v) is 5.42. The van der Waals surface area contributed by atoms with Crippen LogP contribution in [0.2, 0.25) is 0 Å². The number of carbonyl (C=O) groups is 1. The zero-order chi connectivity index (χ0) is 17.6. The van der Waals surface area contributed by atoms with Gasteiger partial charge in [-0.15, -0.1) is 0 Å². The predicted molar refractivity (Wildman–Crippen MR) is 97.5 cm³/mol. The van der Waals surface area contributed by atoms with Crippen molar-refractivity contribution < 1.29 is 14.6 Å². The van der Waals surface area contributed by atoms with E-state index >= 15 is 0 Å². The van der Waals surface area contributed by atoms with Crippen molar-refractivity contribution in [1.29, 1.82) is 0 Å². The van der Waals surface area contributed by atoms with Crippen molar-refractivity contribution in [2.75, 3.05) is 39.9 Å². The molecule has 2 heterocycles. The topological polar surface area (TPSA) is 53.0 Å². The molecule has 1 aromatic carbocycles. The summed E-state index contributed by atoms with van der Waals surface area (Å²) in [4.78, 5) is 16.7. The highest BCUT2D eigenvalue weighted by Crippen LogP contribution is 2.19. The number of hydrogen-bond donors (Lipinski definition) is 1. The maximum atomic E-state index is 12.5. The van der Waals surface area contributed by atoms with E-state index in [-0.39, 0.29) is 12.0 Å². The van der Waals surface area contributed by atoms with Crippen molar-refractivity contribution in [3.8, 4) is 0 Å². The molecule has 0 spiro atoms. The van der Waals surface area contributed by atoms with Crippen LogP contribution >= 0.6 is 0 Å². The molecule has 3 rings (SSSR count). The third kappa shape index (κ3) is 5.03. The number of piperidine rings is 1. The minimum Gasteiger partial charge on any atom is -0.396 e. The van der Waals surface area contributed by atoms with E-state index in [0.29, 0.717) is 19.1 Å². The highest BCUT2D eigenvalue weighted by Gasteiger charge is 2.21. The van der Waals surface area contributed by atoms with E-state index < -0.39 is 0 Å². The van der Waals surface area contributed by atoms with Gasteiger partial charge in [-0.2, -0.15) is 0 Å². The molecule has 0 aliphatic carbocycles. The number of hydrogen-bond acceptors (Lipinski definition) is 4. The van der Waals surface area contributed by atoms with Gasteiger partial charge in [-0.1, -0.05) is 12.1 Å². The Morgan fingerprint density at radius 3 is 2.56 bits per heavy atom. The van der Waals surface area contributed by atoms with Crippen molar-refractivity contribution in [3.05, 3.63) is 35.4 Å². The van der Waals surface area contributed by atoms with Gasteiger partial charge in [0.2, 0.25) is 0 Å². The Morgan fingerprint density at radius 1 is 1.24 bits per heavy atom. The van der Waals surface area contributed by atoms with E-state index in [2.05, 4.69) is 17.0 Å². The molecule has 1 atom stereocenters. The quantitative estimate of drug-likeness (QED) is 0.857. The maximum Gasteiger partial charge on any atom is 0.253 e. The van der Waals surface area contributed by atoms with Gasteiger partial charge < -0.3 is 14.7 Å². The molecule has 138 valence electrons. The number of likely N-dealkylation sites (N-methyl/N-ethyl adjacent to an activating group) is 1. The van der Waals surface area contributed by atoms with Crippen LogP contribution in [0.4, 0.5) is 0 Å². The lowest BCUT2D eigenvalue weighted by Crippen LogP contribution is -2.34. The van der Waals surface area contributed by atoms with Crippen molar-refractivity contribution in [1.82, 2.24) is 9.80 Å². The summed E-state index contributed by atoms with van der Waals surface area (Å²) < 4.78 is 5.61. The van der Waals surface area contributed by atoms with Gasteiger partial charge in [-0.25, -0.2) is 0 Å². The molecule has 5 heteroatoms. The highest BCUT2D eigenvalue weighted by atomic mass is 16.5. The molecule has 2 aliphatic rings. The summed E-state index contributed by atoms with van der Waals surface area (Å²) in [6.45, 7) is 4.78. The van der Waals surface area contributed by atoms with Gasteiger partial charge in [0.1, 0.15) is 0 Å². The molecule has 0 saturated carbocycles. The largest absolute Gasteiger partial charge is 0.396 e. The van der Waals surface area contributed by atoms with Gasteiger partial charge in [-0.3, -0.25) is 9.69 Å².